The molecule has 6 nitrogen and oxygen atoms in total. The quantitative estimate of drug-likeness (QED) is 0.377. The topological polar surface area (TPSA) is 102 Å². The number of nitro benzene ring substituents is 1. The highest BCUT2D eigenvalue weighted by molar-refractivity contribution is 5.95. The highest BCUT2D eigenvalue weighted by atomic mass is 16.6. The second kappa shape index (κ2) is 5.83. The van der Waals surface area contributed by atoms with Crippen molar-refractivity contribution in [3.8, 4) is 5.75 Å². The highest BCUT2D eigenvalue weighted by Crippen LogP contribution is 2.16. The molecule has 0 aromatic heterocycles. The predicted octanol–water partition coefficient (Wildman–Crippen LogP) is 2.46. The van der Waals surface area contributed by atoms with Gasteiger partial charge in [-0.25, -0.2) is 0 Å². The lowest BCUT2D eigenvalue weighted by atomic mass is 10.2. The lowest BCUT2D eigenvalue weighted by molar-refractivity contribution is -0.384. The molecule has 0 aliphatic rings. The van der Waals surface area contributed by atoms with Crippen molar-refractivity contribution in [3.05, 3.63) is 69.8 Å². The molecule has 0 spiro atoms. The van der Waals surface area contributed by atoms with E-state index >= 15 is 0 Å². The molecule has 0 aliphatic carbocycles. The molecular weight excluding hydrogens is 258 g/mol. The van der Waals surface area contributed by atoms with Crippen LogP contribution in [0.5, 0.6) is 5.75 Å². The third-order valence-corrected chi connectivity index (χ3v) is 2.70. The highest BCUT2D eigenvalue weighted by Gasteiger charge is 2.04. The van der Waals surface area contributed by atoms with Crippen LogP contribution in [0.25, 0.3) is 0 Å². The Hall–Kier alpha value is -2.89. The fourth-order valence-corrected chi connectivity index (χ4v) is 1.63. The molecular formula is C14H13N3O3. The zero-order chi connectivity index (χ0) is 14.5. The van der Waals surface area contributed by atoms with Gasteiger partial charge in [0.2, 0.25) is 0 Å². The number of nitrogens with one attached hydrogen (secondary N) is 1. The Bertz CT molecular complexity index is 638. The first kappa shape index (κ1) is 13.5. The average molecular weight is 271 g/mol. The van der Waals surface area contributed by atoms with Crippen molar-refractivity contribution >= 4 is 11.5 Å². The molecule has 102 valence electrons. The summed E-state index contributed by atoms with van der Waals surface area (Å²) < 4.78 is 5.56. The summed E-state index contributed by atoms with van der Waals surface area (Å²) in [5.41, 5.74) is 6.86. The molecule has 0 heterocycles. The smallest absolute Gasteiger partial charge is 0.269 e. The lowest BCUT2D eigenvalue weighted by Gasteiger charge is -2.07. The van der Waals surface area contributed by atoms with Gasteiger partial charge < -0.3 is 10.5 Å². The molecule has 0 bridgehead atoms. The van der Waals surface area contributed by atoms with Gasteiger partial charge in [0.1, 0.15) is 18.2 Å². The minimum absolute atomic E-state index is 0.0224. The van der Waals surface area contributed by atoms with Gasteiger partial charge in [-0.1, -0.05) is 12.1 Å². The van der Waals surface area contributed by atoms with E-state index in [1.54, 1.807) is 36.4 Å². The van der Waals surface area contributed by atoms with Crippen LogP contribution in [0.15, 0.2) is 48.5 Å². The van der Waals surface area contributed by atoms with Gasteiger partial charge in [0.15, 0.2) is 0 Å². The predicted molar refractivity (Wildman–Crippen MR) is 74.9 cm³/mol. The second-order valence-electron chi connectivity index (χ2n) is 4.15. The Morgan fingerprint density at radius 3 is 2.55 bits per heavy atom. The summed E-state index contributed by atoms with van der Waals surface area (Å²) in [5, 5.41) is 17.9. The maximum absolute atomic E-state index is 10.5. The molecule has 0 unspecified atom stereocenters. The standard InChI is InChI=1S/C14H13N3O3/c15-14(16)11-2-1-3-13(8-11)20-9-10-4-6-12(7-5-10)17(18)19/h1-8H,9H2,(H3,15,16). The number of nitrogen functional groups attached to an aromatic ring is 1. The van der Waals surface area contributed by atoms with Gasteiger partial charge >= 0.3 is 0 Å². The number of amidine groups is 1. The van der Waals surface area contributed by atoms with E-state index in [2.05, 4.69) is 0 Å². The Morgan fingerprint density at radius 1 is 1.25 bits per heavy atom. The number of hydrogen-bond donors (Lipinski definition) is 2. The number of ether oxygens (including phenoxy) is 1. The summed E-state index contributed by atoms with van der Waals surface area (Å²) in [6.07, 6.45) is 0. The summed E-state index contributed by atoms with van der Waals surface area (Å²) in [7, 11) is 0. The van der Waals surface area contributed by atoms with Crippen molar-refractivity contribution in [2.45, 2.75) is 6.61 Å². The summed E-state index contributed by atoms with van der Waals surface area (Å²) in [5.74, 6) is 0.571. The number of nitrogens with zero attached hydrogens (tertiary/aromatic N) is 1. The molecule has 2 rings (SSSR count). The van der Waals surface area contributed by atoms with Gasteiger partial charge in [-0.05, 0) is 29.8 Å². The third kappa shape index (κ3) is 3.32. The Morgan fingerprint density at radius 2 is 1.95 bits per heavy atom. The fraction of sp³-hybridized carbons (Fsp3) is 0.0714. The van der Waals surface area contributed by atoms with E-state index in [0.717, 1.165) is 5.56 Å². The van der Waals surface area contributed by atoms with Crippen molar-refractivity contribution in [3.63, 3.8) is 0 Å². The SMILES string of the molecule is N=C(N)c1cccc(OCc2ccc([N+](=O)[O-])cc2)c1. The molecule has 20 heavy (non-hydrogen) atoms. The van der Waals surface area contributed by atoms with Crippen LogP contribution in [-0.2, 0) is 6.61 Å². The summed E-state index contributed by atoms with van der Waals surface area (Å²) in [6.45, 7) is 0.291. The first-order valence-electron chi connectivity index (χ1n) is 5.87. The molecule has 6 heteroatoms. The maximum Gasteiger partial charge on any atom is 0.269 e. The monoisotopic (exact) mass is 271 g/mol. The van der Waals surface area contributed by atoms with E-state index in [1.807, 2.05) is 0 Å². The van der Waals surface area contributed by atoms with E-state index < -0.39 is 4.92 Å². The van der Waals surface area contributed by atoms with Crippen molar-refractivity contribution < 1.29 is 9.66 Å². The van der Waals surface area contributed by atoms with Crippen LogP contribution in [0.1, 0.15) is 11.1 Å². The average Bonchev–Trinajstić information content (AvgIpc) is 2.46. The van der Waals surface area contributed by atoms with Crippen LogP contribution < -0.4 is 10.5 Å². The zero-order valence-corrected chi connectivity index (χ0v) is 10.6. The molecule has 0 radical (unpaired) electrons. The number of hydrogen-bond acceptors (Lipinski definition) is 4. The van der Waals surface area contributed by atoms with Crippen molar-refractivity contribution in [2.75, 3.05) is 0 Å². The van der Waals surface area contributed by atoms with E-state index in [-0.39, 0.29) is 11.5 Å². The van der Waals surface area contributed by atoms with E-state index in [9.17, 15) is 10.1 Å². The number of non-ortho nitro benzene ring substituents is 1. The number of rotatable bonds is 5. The number of nitrogens with two attached hydrogens (primary N) is 1. The Balaban J connectivity index is 2.03. The summed E-state index contributed by atoms with van der Waals surface area (Å²) in [4.78, 5) is 10.1. The minimum Gasteiger partial charge on any atom is -0.489 e. The number of benzene rings is 2. The molecule has 0 aliphatic heterocycles. The van der Waals surface area contributed by atoms with Gasteiger partial charge in [-0.2, -0.15) is 0 Å². The van der Waals surface area contributed by atoms with Gasteiger partial charge in [0, 0.05) is 17.7 Å². The van der Waals surface area contributed by atoms with Gasteiger partial charge in [0.05, 0.1) is 4.92 Å². The van der Waals surface area contributed by atoms with Crippen LogP contribution in [-0.4, -0.2) is 10.8 Å². The Labute approximate surface area is 115 Å². The lowest BCUT2D eigenvalue weighted by Crippen LogP contribution is -2.10. The van der Waals surface area contributed by atoms with Crippen molar-refractivity contribution in [2.24, 2.45) is 5.73 Å². The zero-order valence-electron chi connectivity index (χ0n) is 10.6. The second-order valence-corrected chi connectivity index (χ2v) is 4.15. The molecule has 0 fully saturated rings. The van der Waals surface area contributed by atoms with Crippen molar-refractivity contribution in [1.82, 2.24) is 0 Å². The van der Waals surface area contributed by atoms with Crippen molar-refractivity contribution in [1.29, 1.82) is 5.41 Å². The van der Waals surface area contributed by atoms with E-state index in [0.29, 0.717) is 17.9 Å². The summed E-state index contributed by atoms with van der Waals surface area (Å²) in [6, 6.07) is 13.1. The van der Waals surface area contributed by atoms with Gasteiger partial charge in [-0.15, -0.1) is 0 Å². The summed E-state index contributed by atoms with van der Waals surface area (Å²) >= 11 is 0. The number of nitro groups is 1. The van der Waals surface area contributed by atoms with Gasteiger partial charge in [0.25, 0.3) is 5.69 Å². The molecule has 0 saturated heterocycles. The van der Waals surface area contributed by atoms with E-state index in [4.69, 9.17) is 15.9 Å². The van der Waals surface area contributed by atoms with Crippen LogP contribution >= 0.6 is 0 Å². The third-order valence-electron chi connectivity index (χ3n) is 2.70. The van der Waals surface area contributed by atoms with Crippen LogP contribution in [0.2, 0.25) is 0 Å². The Kier molecular flexibility index (Phi) is 3.95. The van der Waals surface area contributed by atoms with Gasteiger partial charge in [-0.3, -0.25) is 15.5 Å². The maximum atomic E-state index is 10.5. The molecule has 0 amide bonds. The van der Waals surface area contributed by atoms with Crippen LogP contribution in [0, 0.1) is 15.5 Å². The van der Waals surface area contributed by atoms with Crippen LogP contribution in [0.3, 0.4) is 0 Å². The normalized spacial score (nSPS) is 10.0. The molecule has 2 aromatic carbocycles. The molecule has 2 aromatic rings. The first-order chi connectivity index (χ1) is 9.56. The van der Waals surface area contributed by atoms with Crippen LogP contribution in [0.4, 0.5) is 5.69 Å². The van der Waals surface area contributed by atoms with E-state index in [1.165, 1.54) is 12.1 Å². The molecule has 0 saturated carbocycles. The largest absolute Gasteiger partial charge is 0.489 e. The minimum atomic E-state index is -0.443. The first-order valence-corrected chi connectivity index (χ1v) is 5.87. The molecule has 3 N–H and O–H groups in total. The molecule has 0 atom stereocenters. The fourth-order valence-electron chi connectivity index (χ4n) is 1.63.